The van der Waals surface area contributed by atoms with Gasteiger partial charge in [-0.2, -0.15) is 5.10 Å². The second kappa shape index (κ2) is 3.76. The van der Waals surface area contributed by atoms with E-state index in [-0.39, 0.29) is 0 Å². The van der Waals surface area contributed by atoms with Crippen LogP contribution in [0.2, 0.25) is 0 Å². The summed E-state index contributed by atoms with van der Waals surface area (Å²) in [6, 6.07) is 2.19. The fraction of sp³-hybridized carbons (Fsp3) is 0.400. The third-order valence-electron chi connectivity index (χ3n) is 2.27. The molecule has 0 bridgehead atoms. The molecule has 0 amide bonds. The van der Waals surface area contributed by atoms with Gasteiger partial charge in [-0.1, -0.05) is 0 Å². The van der Waals surface area contributed by atoms with E-state index in [0.717, 1.165) is 5.82 Å². The van der Waals surface area contributed by atoms with Crippen LogP contribution in [0.25, 0.3) is 0 Å². The maximum Gasteiger partial charge on any atom is 0.145 e. The fourth-order valence-electron chi connectivity index (χ4n) is 1.55. The highest BCUT2D eigenvalue weighted by Gasteiger charge is 2.06. The van der Waals surface area contributed by atoms with Crippen molar-refractivity contribution in [3.05, 3.63) is 30.5 Å². The molecule has 5 nitrogen and oxygen atoms in total. The molecule has 0 aliphatic carbocycles. The third kappa shape index (κ3) is 2.01. The number of imidazole rings is 1. The van der Waals surface area contributed by atoms with Gasteiger partial charge in [0, 0.05) is 24.6 Å². The SMILES string of the molecule is CC(C)n1ccnc1Cn1ccc(N)n1. The molecular weight excluding hydrogens is 190 g/mol. The van der Waals surface area contributed by atoms with Crippen LogP contribution in [0.5, 0.6) is 0 Å². The van der Waals surface area contributed by atoms with Gasteiger partial charge in [0.15, 0.2) is 0 Å². The fourth-order valence-corrected chi connectivity index (χ4v) is 1.55. The molecule has 5 heteroatoms. The Kier molecular flexibility index (Phi) is 2.45. The van der Waals surface area contributed by atoms with Gasteiger partial charge in [0.25, 0.3) is 0 Å². The van der Waals surface area contributed by atoms with Gasteiger partial charge in [-0.15, -0.1) is 0 Å². The monoisotopic (exact) mass is 205 g/mol. The van der Waals surface area contributed by atoms with Gasteiger partial charge >= 0.3 is 0 Å². The molecule has 2 heterocycles. The lowest BCUT2D eigenvalue weighted by Crippen LogP contribution is -2.10. The first-order valence-corrected chi connectivity index (χ1v) is 4.97. The number of anilines is 1. The van der Waals surface area contributed by atoms with Crippen LogP contribution in [-0.2, 0) is 6.54 Å². The van der Waals surface area contributed by atoms with Gasteiger partial charge in [0.1, 0.15) is 11.6 Å². The molecule has 0 unspecified atom stereocenters. The molecule has 0 aliphatic rings. The molecule has 0 radical (unpaired) electrons. The lowest BCUT2D eigenvalue weighted by molar-refractivity contribution is 0.539. The molecule has 0 saturated carbocycles. The Morgan fingerprint density at radius 1 is 1.40 bits per heavy atom. The summed E-state index contributed by atoms with van der Waals surface area (Å²) in [4.78, 5) is 4.30. The molecule has 0 saturated heterocycles. The summed E-state index contributed by atoms with van der Waals surface area (Å²) in [5, 5.41) is 4.13. The molecule has 80 valence electrons. The van der Waals surface area contributed by atoms with Gasteiger partial charge in [-0.05, 0) is 19.9 Å². The quantitative estimate of drug-likeness (QED) is 0.821. The van der Waals surface area contributed by atoms with Gasteiger partial charge in [-0.3, -0.25) is 4.68 Å². The lowest BCUT2D eigenvalue weighted by atomic mass is 10.4. The van der Waals surface area contributed by atoms with Crippen molar-refractivity contribution in [2.75, 3.05) is 5.73 Å². The van der Waals surface area contributed by atoms with E-state index in [2.05, 4.69) is 28.5 Å². The van der Waals surface area contributed by atoms with Crippen LogP contribution in [0.15, 0.2) is 24.7 Å². The molecule has 0 aliphatic heterocycles. The Morgan fingerprint density at radius 2 is 2.20 bits per heavy atom. The number of aromatic nitrogens is 4. The van der Waals surface area contributed by atoms with Crippen LogP contribution in [0.1, 0.15) is 25.7 Å². The zero-order valence-corrected chi connectivity index (χ0v) is 8.96. The summed E-state index contributed by atoms with van der Waals surface area (Å²) in [5.74, 6) is 1.53. The largest absolute Gasteiger partial charge is 0.382 e. The second-order valence-corrected chi connectivity index (χ2v) is 3.78. The zero-order chi connectivity index (χ0) is 10.8. The highest BCUT2D eigenvalue weighted by atomic mass is 15.3. The van der Waals surface area contributed by atoms with Gasteiger partial charge in [0.2, 0.25) is 0 Å². The van der Waals surface area contributed by atoms with Crippen molar-refractivity contribution in [3.63, 3.8) is 0 Å². The molecule has 15 heavy (non-hydrogen) atoms. The molecule has 0 atom stereocenters. The number of nitrogen functional groups attached to an aromatic ring is 1. The summed E-state index contributed by atoms with van der Waals surface area (Å²) in [7, 11) is 0. The maximum atomic E-state index is 5.55. The first-order valence-electron chi connectivity index (χ1n) is 4.97. The molecular formula is C10H15N5. The summed E-state index contributed by atoms with van der Waals surface area (Å²) in [6.07, 6.45) is 5.64. The van der Waals surface area contributed by atoms with E-state index < -0.39 is 0 Å². The Morgan fingerprint density at radius 3 is 2.80 bits per heavy atom. The van der Waals surface area contributed by atoms with Crippen LogP contribution in [0, 0.1) is 0 Å². The first-order chi connectivity index (χ1) is 7.16. The molecule has 2 rings (SSSR count). The molecule has 0 aromatic carbocycles. The lowest BCUT2D eigenvalue weighted by Gasteiger charge is -2.11. The summed E-state index contributed by atoms with van der Waals surface area (Å²) in [6.45, 7) is 4.91. The molecule has 2 aromatic rings. The van der Waals surface area contributed by atoms with Gasteiger partial charge < -0.3 is 10.3 Å². The number of nitrogens with two attached hydrogens (primary N) is 1. The molecule has 2 aromatic heterocycles. The van der Waals surface area contributed by atoms with Crippen molar-refractivity contribution in [2.45, 2.75) is 26.4 Å². The van der Waals surface area contributed by atoms with E-state index in [4.69, 9.17) is 5.73 Å². The first kappa shape index (κ1) is 9.76. The summed E-state index contributed by atoms with van der Waals surface area (Å²) in [5.41, 5.74) is 5.55. The number of nitrogens with zero attached hydrogens (tertiary/aromatic N) is 4. The normalized spacial score (nSPS) is 11.1. The zero-order valence-electron chi connectivity index (χ0n) is 8.96. The maximum absolute atomic E-state index is 5.55. The number of hydrogen-bond donors (Lipinski definition) is 1. The van der Waals surface area contributed by atoms with Gasteiger partial charge in [0.05, 0.1) is 6.54 Å². The molecule has 0 fully saturated rings. The Balaban J connectivity index is 2.20. The highest BCUT2D eigenvalue weighted by molar-refractivity contribution is 5.23. The topological polar surface area (TPSA) is 61.7 Å². The average Bonchev–Trinajstić information content (AvgIpc) is 2.75. The van der Waals surface area contributed by atoms with Crippen molar-refractivity contribution in [3.8, 4) is 0 Å². The predicted molar refractivity (Wildman–Crippen MR) is 58.4 cm³/mol. The average molecular weight is 205 g/mol. The number of hydrogen-bond acceptors (Lipinski definition) is 3. The Hall–Kier alpha value is -1.78. The van der Waals surface area contributed by atoms with Crippen molar-refractivity contribution in [2.24, 2.45) is 0 Å². The van der Waals surface area contributed by atoms with E-state index in [1.807, 2.05) is 18.6 Å². The third-order valence-corrected chi connectivity index (χ3v) is 2.27. The van der Waals surface area contributed by atoms with Crippen molar-refractivity contribution < 1.29 is 0 Å². The summed E-state index contributed by atoms with van der Waals surface area (Å²) < 4.78 is 3.91. The molecule has 0 spiro atoms. The summed E-state index contributed by atoms with van der Waals surface area (Å²) >= 11 is 0. The second-order valence-electron chi connectivity index (χ2n) is 3.78. The van der Waals surface area contributed by atoms with E-state index in [1.165, 1.54) is 0 Å². The standard InChI is InChI=1S/C10H15N5/c1-8(2)15-6-4-12-10(15)7-14-5-3-9(11)13-14/h3-6,8H,7H2,1-2H3,(H2,11,13). The number of rotatable bonds is 3. The van der Waals surface area contributed by atoms with Crippen LogP contribution < -0.4 is 5.73 Å². The predicted octanol–water partition coefficient (Wildman–Crippen LogP) is 1.29. The Bertz CT molecular complexity index is 440. The minimum atomic E-state index is 0.412. The Labute approximate surface area is 88.5 Å². The van der Waals surface area contributed by atoms with Crippen LogP contribution in [0.4, 0.5) is 5.82 Å². The van der Waals surface area contributed by atoms with Crippen molar-refractivity contribution in [1.82, 2.24) is 19.3 Å². The van der Waals surface area contributed by atoms with Crippen molar-refractivity contribution >= 4 is 5.82 Å². The van der Waals surface area contributed by atoms with E-state index >= 15 is 0 Å². The van der Waals surface area contributed by atoms with Crippen molar-refractivity contribution in [1.29, 1.82) is 0 Å². The van der Waals surface area contributed by atoms with Crippen LogP contribution in [0.3, 0.4) is 0 Å². The van der Waals surface area contributed by atoms with Crippen LogP contribution in [-0.4, -0.2) is 19.3 Å². The minimum absolute atomic E-state index is 0.412. The minimum Gasteiger partial charge on any atom is -0.382 e. The molecule has 2 N–H and O–H groups in total. The smallest absolute Gasteiger partial charge is 0.145 e. The van der Waals surface area contributed by atoms with E-state index in [1.54, 1.807) is 10.7 Å². The van der Waals surface area contributed by atoms with Crippen LogP contribution >= 0.6 is 0 Å². The highest BCUT2D eigenvalue weighted by Crippen LogP contribution is 2.09. The van der Waals surface area contributed by atoms with E-state index in [0.29, 0.717) is 18.4 Å². The van der Waals surface area contributed by atoms with Gasteiger partial charge in [-0.25, -0.2) is 4.98 Å². The van der Waals surface area contributed by atoms with E-state index in [9.17, 15) is 0 Å².